The molecule has 6 heteroatoms. The number of nitrogens with zero attached hydrogens (tertiary/aromatic N) is 2. The lowest BCUT2D eigenvalue weighted by Crippen LogP contribution is -2.16. The van der Waals surface area contributed by atoms with Crippen molar-refractivity contribution in [2.75, 3.05) is 17.2 Å². The minimum absolute atomic E-state index is 0.274. The van der Waals surface area contributed by atoms with Gasteiger partial charge in [-0.05, 0) is 30.7 Å². The predicted molar refractivity (Wildman–Crippen MR) is 84.9 cm³/mol. The molecule has 0 saturated heterocycles. The van der Waals surface area contributed by atoms with Crippen LogP contribution in [0.3, 0.4) is 0 Å². The second kappa shape index (κ2) is 6.85. The predicted octanol–water partition coefficient (Wildman–Crippen LogP) is 3.29. The van der Waals surface area contributed by atoms with E-state index < -0.39 is 0 Å². The molecule has 1 aromatic carbocycles. The van der Waals surface area contributed by atoms with Crippen molar-refractivity contribution < 1.29 is 4.79 Å². The molecule has 0 aliphatic carbocycles. The quantitative estimate of drug-likeness (QED) is 0.832. The highest BCUT2D eigenvalue weighted by Crippen LogP contribution is 2.20. The van der Waals surface area contributed by atoms with Gasteiger partial charge in [0.15, 0.2) is 0 Å². The molecule has 21 heavy (non-hydrogen) atoms. The van der Waals surface area contributed by atoms with Gasteiger partial charge in [0.05, 0.1) is 0 Å². The Bertz CT molecular complexity index is 672. The van der Waals surface area contributed by atoms with Gasteiger partial charge in [-0.25, -0.2) is 9.97 Å². The van der Waals surface area contributed by atoms with E-state index >= 15 is 0 Å². The van der Waals surface area contributed by atoms with Gasteiger partial charge in [0, 0.05) is 23.5 Å². The average molecular weight is 303 g/mol. The van der Waals surface area contributed by atoms with Gasteiger partial charge in [0.25, 0.3) is 5.91 Å². The molecule has 108 valence electrons. The van der Waals surface area contributed by atoms with Crippen LogP contribution in [0, 0.1) is 6.92 Å². The highest BCUT2D eigenvalue weighted by Gasteiger charge is 2.10. The van der Waals surface area contributed by atoms with E-state index in [1.54, 1.807) is 24.3 Å². The fourth-order valence-corrected chi connectivity index (χ4v) is 1.82. The highest BCUT2D eigenvalue weighted by molar-refractivity contribution is 6.31. The number of aromatic nitrogens is 2. The first-order valence-corrected chi connectivity index (χ1v) is 6.73. The second-order valence-electron chi connectivity index (χ2n) is 4.35. The van der Waals surface area contributed by atoms with E-state index in [1.807, 2.05) is 13.0 Å². The summed E-state index contributed by atoms with van der Waals surface area (Å²) in [7, 11) is 0. The van der Waals surface area contributed by atoms with Crippen molar-refractivity contribution in [3.8, 4) is 0 Å². The van der Waals surface area contributed by atoms with E-state index in [9.17, 15) is 4.79 Å². The second-order valence-corrected chi connectivity index (χ2v) is 4.78. The molecule has 1 aromatic heterocycles. The molecule has 0 spiro atoms. The van der Waals surface area contributed by atoms with E-state index in [0.717, 1.165) is 5.56 Å². The molecular weight excluding hydrogens is 288 g/mol. The van der Waals surface area contributed by atoms with Gasteiger partial charge < -0.3 is 10.6 Å². The summed E-state index contributed by atoms with van der Waals surface area (Å²) in [6.07, 6.45) is 3.21. The Hall–Kier alpha value is -2.40. The molecule has 0 fully saturated rings. The number of carbonyl (C=O) groups is 1. The molecule has 0 saturated carbocycles. The summed E-state index contributed by atoms with van der Waals surface area (Å²) in [6, 6.07) is 6.87. The monoisotopic (exact) mass is 302 g/mol. The number of halogens is 1. The first kappa shape index (κ1) is 15.0. The van der Waals surface area contributed by atoms with E-state index in [4.69, 9.17) is 11.6 Å². The zero-order valence-corrected chi connectivity index (χ0v) is 12.3. The lowest BCUT2D eigenvalue weighted by atomic mass is 10.2. The van der Waals surface area contributed by atoms with Crippen molar-refractivity contribution in [2.24, 2.45) is 0 Å². The van der Waals surface area contributed by atoms with Gasteiger partial charge in [0.1, 0.15) is 5.69 Å². The van der Waals surface area contributed by atoms with Gasteiger partial charge in [0.2, 0.25) is 5.95 Å². The van der Waals surface area contributed by atoms with Crippen molar-refractivity contribution in [3.63, 3.8) is 0 Å². The normalized spacial score (nSPS) is 10.0. The third kappa shape index (κ3) is 4.03. The first-order chi connectivity index (χ1) is 10.1. The third-order valence-corrected chi connectivity index (χ3v) is 2.98. The molecule has 0 unspecified atom stereocenters. The molecule has 2 N–H and O–H groups in total. The fourth-order valence-electron chi connectivity index (χ4n) is 1.65. The summed E-state index contributed by atoms with van der Waals surface area (Å²) in [5.41, 5.74) is 1.86. The van der Waals surface area contributed by atoms with E-state index in [-0.39, 0.29) is 11.6 Å². The maximum Gasteiger partial charge on any atom is 0.274 e. The van der Waals surface area contributed by atoms with Crippen LogP contribution in [0.5, 0.6) is 0 Å². The molecule has 0 aliphatic heterocycles. The van der Waals surface area contributed by atoms with Crippen LogP contribution in [-0.4, -0.2) is 22.4 Å². The maximum atomic E-state index is 12.2. The van der Waals surface area contributed by atoms with Crippen LogP contribution in [0.1, 0.15) is 16.1 Å². The first-order valence-electron chi connectivity index (χ1n) is 6.35. The Morgan fingerprint density at radius 2 is 2.24 bits per heavy atom. The molecule has 0 radical (unpaired) electrons. The minimum atomic E-state index is -0.315. The van der Waals surface area contributed by atoms with Crippen LogP contribution in [0.15, 0.2) is 43.1 Å². The smallest absolute Gasteiger partial charge is 0.274 e. The zero-order valence-electron chi connectivity index (χ0n) is 11.6. The lowest BCUT2D eigenvalue weighted by Gasteiger charge is -2.09. The van der Waals surface area contributed by atoms with Gasteiger partial charge in [-0.15, -0.1) is 6.58 Å². The van der Waals surface area contributed by atoms with E-state index in [0.29, 0.717) is 23.2 Å². The maximum absolute atomic E-state index is 12.2. The Morgan fingerprint density at radius 1 is 1.43 bits per heavy atom. The molecule has 5 nitrogen and oxygen atoms in total. The number of hydrogen-bond donors (Lipinski definition) is 2. The molecule has 1 amide bonds. The summed E-state index contributed by atoms with van der Waals surface area (Å²) >= 11 is 5.93. The summed E-state index contributed by atoms with van der Waals surface area (Å²) in [5, 5.41) is 6.28. The molecule has 1 heterocycles. The minimum Gasteiger partial charge on any atom is -0.351 e. The highest BCUT2D eigenvalue weighted by atomic mass is 35.5. The SMILES string of the molecule is C=CCNc1nccc(C(=O)Nc2cc(Cl)ccc2C)n1. The topological polar surface area (TPSA) is 66.9 Å². The van der Waals surface area contributed by atoms with Crippen LogP contribution in [0.2, 0.25) is 5.02 Å². The van der Waals surface area contributed by atoms with Crippen LogP contribution in [0.25, 0.3) is 0 Å². The van der Waals surface area contributed by atoms with Crippen molar-refractivity contribution in [1.29, 1.82) is 0 Å². The average Bonchev–Trinajstić information content (AvgIpc) is 2.49. The molecule has 0 bridgehead atoms. The number of carbonyl (C=O) groups excluding carboxylic acids is 1. The number of nitrogens with one attached hydrogen (secondary N) is 2. The number of rotatable bonds is 5. The Labute approximate surface area is 128 Å². The number of benzene rings is 1. The Balaban J connectivity index is 2.16. The molecule has 0 aliphatic rings. The molecule has 2 aromatic rings. The van der Waals surface area contributed by atoms with E-state index in [1.165, 1.54) is 6.20 Å². The number of aryl methyl sites for hydroxylation is 1. The van der Waals surface area contributed by atoms with Crippen LogP contribution in [0.4, 0.5) is 11.6 Å². The van der Waals surface area contributed by atoms with Gasteiger partial charge in [-0.2, -0.15) is 0 Å². The largest absolute Gasteiger partial charge is 0.351 e. The molecule has 0 atom stereocenters. The van der Waals surface area contributed by atoms with Crippen molar-refractivity contribution in [2.45, 2.75) is 6.92 Å². The number of amides is 1. The van der Waals surface area contributed by atoms with Crippen LogP contribution >= 0.6 is 11.6 Å². The van der Waals surface area contributed by atoms with E-state index in [2.05, 4.69) is 27.2 Å². The van der Waals surface area contributed by atoms with Gasteiger partial charge >= 0.3 is 0 Å². The van der Waals surface area contributed by atoms with Crippen molar-refractivity contribution in [1.82, 2.24) is 9.97 Å². The van der Waals surface area contributed by atoms with Gasteiger partial charge in [-0.1, -0.05) is 23.7 Å². The van der Waals surface area contributed by atoms with Gasteiger partial charge in [-0.3, -0.25) is 4.79 Å². The lowest BCUT2D eigenvalue weighted by molar-refractivity contribution is 0.102. The van der Waals surface area contributed by atoms with Crippen LogP contribution in [-0.2, 0) is 0 Å². The third-order valence-electron chi connectivity index (χ3n) is 2.74. The fraction of sp³-hybridized carbons (Fsp3) is 0.133. The summed E-state index contributed by atoms with van der Waals surface area (Å²) < 4.78 is 0. The number of anilines is 2. The molecular formula is C15H15ClN4O. The zero-order chi connectivity index (χ0) is 15.2. The Morgan fingerprint density at radius 3 is 3.00 bits per heavy atom. The molecule has 2 rings (SSSR count). The van der Waals surface area contributed by atoms with Crippen molar-refractivity contribution >= 4 is 29.1 Å². The number of hydrogen-bond acceptors (Lipinski definition) is 4. The van der Waals surface area contributed by atoms with Crippen LogP contribution < -0.4 is 10.6 Å². The summed E-state index contributed by atoms with van der Waals surface area (Å²) in [4.78, 5) is 20.4. The van der Waals surface area contributed by atoms with Crippen molar-refractivity contribution in [3.05, 3.63) is 59.4 Å². The summed E-state index contributed by atoms with van der Waals surface area (Å²) in [5.74, 6) is 0.0646. The Kier molecular flexibility index (Phi) is 4.90. The summed E-state index contributed by atoms with van der Waals surface area (Å²) in [6.45, 7) is 6.02. The standard InChI is InChI=1S/C15H15ClN4O/c1-3-7-17-15-18-8-6-12(20-15)14(21)19-13-9-11(16)5-4-10(13)2/h3-6,8-9H,1,7H2,2H3,(H,19,21)(H,17,18,20).